The number of carboxylic acid groups (broad SMARTS) is 1. The lowest BCUT2D eigenvalue weighted by Crippen LogP contribution is -2.49. The second-order valence-electron chi connectivity index (χ2n) is 6.42. The van der Waals surface area contributed by atoms with E-state index in [2.05, 4.69) is 0 Å². The molecule has 0 spiro atoms. The minimum atomic E-state index is -1.03. The molecule has 0 atom stereocenters. The van der Waals surface area contributed by atoms with Crippen LogP contribution in [0.5, 0.6) is 0 Å². The lowest BCUT2D eigenvalue weighted by molar-refractivity contribution is -0.145. The molecular formula is C20H20ClNO4. The van der Waals surface area contributed by atoms with Crippen LogP contribution in [0.4, 0.5) is 4.79 Å². The smallest absolute Gasteiger partial charge is 0.410 e. The van der Waals surface area contributed by atoms with Crippen LogP contribution in [0, 0.1) is 0 Å². The lowest BCUT2D eigenvalue weighted by Gasteiger charge is -2.38. The van der Waals surface area contributed by atoms with E-state index in [9.17, 15) is 14.7 Å². The van der Waals surface area contributed by atoms with Crippen molar-refractivity contribution in [3.05, 3.63) is 70.7 Å². The summed E-state index contributed by atoms with van der Waals surface area (Å²) in [5.74, 6) is -0.892. The van der Waals surface area contributed by atoms with Crippen molar-refractivity contribution < 1.29 is 19.4 Å². The first-order chi connectivity index (χ1) is 12.5. The van der Waals surface area contributed by atoms with Gasteiger partial charge in [0, 0.05) is 18.1 Å². The zero-order valence-electron chi connectivity index (χ0n) is 14.2. The van der Waals surface area contributed by atoms with Gasteiger partial charge >= 0.3 is 12.1 Å². The molecular weight excluding hydrogens is 354 g/mol. The molecule has 0 radical (unpaired) electrons. The van der Waals surface area contributed by atoms with E-state index in [-0.39, 0.29) is 6.61 Å². The molecule has 2 aromatic rings. The maximum atomic E-state index is 12.3. The fraction of sp³-hybridized carbons (Fsp3) is 0.300. The highest BCUT2D eigenvalue weighted by molar-refractivity contribution is 6.30. The van der Waals surface area contributed by atoms with Crippen LogP contribution in [0.2, 0.25) is 5.02 Å². The van der Waals surface area contributed by atoms with E-state index in [0.717, 1.165) is 5.56 Å². The topological polar surface area (TPSA) is 66.8 Å². The van der Waals surface area contributed by atoms with Crippen molar-refractivity contribution in [3.8, 4) is 0 Å². The first kappa shape index (κ1) is 18.3. The Morgan fingerprint density at radius 1 is 1.08 bits per heavy atom. The molecule has 1 N–H and O–H groups in total. The third-order valence-corrected chi connectivity index (χ3v) is 5.10. The number of piperidine rings is 1. The molecule has 6 heteroatoms. The van der Waals surface area contributed by atoms with Gasteiger partial charge in [-0.1, -0.05) is 54.1 Å². The third kappa shape index (κ3) is 3.83. The highest BCUT2D eigenvalue weighted by atomic mass is 35.5. The van der Waals surface area contributed by atoms with Crippen molar-refractivity contribution in [2.75, 3.05) is 13.1 Å². The summed E-state index contributed by atoms with van der Waals surface area (Å²) in [5.41, 5.74) is 0.563. The number of nitrogens with zero attached hydrogens (tertiary/aromatic N) is 1. The van der Waals surface area contributed by atoms with Crippen molar-refractivity contribution in [1.82, 2.24) is 4.90 Å². The Bertz CT molecular complexity index is 785. The summed E-state index contributed by atoms with van der Waals surface area (Å²) in [6.07, 6.45) is 0.227. The molecule has 0 aromatic heterocycles. The van der Waals surface area contributed by atoms with Crippen molar-refractivity contribution in [3.63, 3.8) is 0 Å². The molecule has 2 aromatic carbocycles. The summed E-state index contributed by atoms with van der Waals surface area (Å²) in [7, 11) is 0. The standard InChI is InChI=1S/C20H20ClNO4/c21-17-8-4-7-16(13-17)20(18(23)24)9-11-22(12-10-20)19(25)26-14-15-5-2-1-3-6-15/h1-8,13H,9-12,14H2,(H,23,24). The number of ether oxygens (including phenoxy) is 1. The van der Waals surface area contributed by atoms with Gasteiger partial charge in [-0.15, -0.1) is 0 Å². The van der Waals surface area contributed by atoms with Gasteiger partial charge in [0.1, 0.15) is 6.61 Å². The number of carboxylic acids is 1. The number of benzene rings is 2. The molecule has 0 bridgehead atoms. The molecule has 26 heavy (non-hydrogen) atoms. The van der Waals surface area contributed by atoms with Crippen LogP contribution in [-0.4, -0.2) is 35.2 Å². The van der Waals surface area contributed by atoms with Gasteiger partial charge in [0.25, 0.3) is 0 Å². The largest absolute Gasteiger partial charge is 0.481 e. The number of aliphatic carboxylic acids is 1. The Morgan fingerprint density at radius 2 is 1.77 bits per heavy atom. The van der Waals surface area contributed by atoms with E-state index in [0.29, 0.717) is 36.5 Å². The number of amides is 1. The molecule has 3 rings (SSSR count). The summed E-state index contributed by atoms with van der Waals surface area (Å²) < 4.78 is 5.34. The van der Waals surface area contributed by atoms with Gasteiger partial charge in [-0.3, -0.25) is 4.79 Å². The molecule has 1 saturated heterocycles. The zero-order chi connectivity index (χ0) is 18.6. The summed E-state index contributed by atoms with van der Waals surface area (Å²) in [4.78, 5) is 25.8. The number of rotatable bonds is 4. The molecule has 1 amide bonds. The summed E-state index contributed by atoms with van der Waals surface area (Å²) >= 11 is 6.03. The second kappa shape index (κ2) is 7.79. The Labute approximate surface area is 157 Å². The van der Waals surface area contributed by atoms with E-state index in [4.69, 9.17) is 16.3 Å². The minimum Gasteiger partial charge on any atom is -0.481 e. The van der Waals surface area contributed by atoms with Crippen molar-refractivity contribution in [2.45, 2.75) is 24.9 Å². The molecule has 1 aliphatic heterocycles. The van der Waals surface area contributed by atoms with Crippen LogP contribution < -0.4 is 0 Å². The average molecular weight is 374 g/mol. The van der Waals surface area contributed by atoms with E-state index in [1.807, 2.05) is 30.3 Å². The maximum absolute atomic E-state index is 12.3. The fourth-order valence-corrected chi connectivity index (χ4v) is 3.48. The quantitative estimate of drug-likeness (QED) is 0.876. The summed E-state index contributed by atoms with van der Waals surface area (Å²) in [5, 5.41) is 10.3. The number of hydrogen-bond donors (Lipinski definition) is 1. The van der Waals surface area contributed by atoms with Crippen molar-refractivity contribution in [1.29, 1.82) is 0 Å². The Hall–Kier alpha value is -2.53. The Kier molecular flexibility index (Phi) is 5.47. The number of carbonyl (C=O) groups excluding carboxylic acids is 1. The summed E-state index contributed by atoms with van der Waals surface area (Å²) in [6.45, 7) is 0.855. The monoisotopic (exact) mass is 373 g/mol. The molecule has 136 valence electrons. The number of likely N-dealkylation sites (tertiary alicyclic amines) is 1. The van der Waals surface area contributed by atoms with Crippen molar-refractivity contribution in [2.24, 2.45) is 0 Å². The molecule has 1 heterocycles. The number of carbonyl (C=O) groups is 2. The number of halogens is 1. The number of hydrogen-bond acceptors (Lipinski definition) is 3. The van der Waals surface area contributed by atoms with Gasteiger partial charge in [0.2, 0.25) is 0 Å². The average Bonchev–Trinajstić information content (AvgIpc) is 2.67. The molecule has 0 aliphatic carbocycles. The molecule has 1 fully saturated rings. The Balaban J connectivity index is 1.64. The van der Waals surface area contributed by atoms with E-state index < -0.39 is 17.5 Å². The van der Waals surface area contributed by atoms with Crippen LogP contribution in [-0.2, 0) is 21.6 Å². The van der Waals surface area contributed by atoms with Crippen LogP contribution in [0.15, 0.2) is 54.6 Å². The van der Waals surface area contributed by atoms with E-state index in [1.54, 1.807) is 29.2 Å². The maximum Gasteiger partial charge on any atom is 0.410 e. The lowest BCUT2D eigenvalue weighted by atomic mass is 9.73. The fourth-order valence-electron chi connectivity index (χ4n) is 3.29. The van der Waals surface area contributed by atoms with Gasteiger partial charge in [-0.25, -0.2) is 4.79 Å². The van der Waals surface area contributed by atoms with Crippen LogP contribution >= 0.6 is 11.6 Å². The van der Waals surface area contributed by atoms with Gasteiger partial charge in [-0.05, 0) is 36.1 Å². The molecule has 5 nitrogen and oxygen atoms in total. The minimum absolute atomic E-state index is 0.203. The molecule has 0 saturated carbocycles. The third-order valence-electron chi connectivity index (χ3n) is 4.87. The van der Waals surface area contributed by atoms with Crippen LogP contribution in [0.3, 0.4) is 0 Å². The molecule has 1 aliphatic rings. The van der Waals surface area contributed by atoms with Gasteiger partial charge in [0.15, 0.2) is 0 Å². The zero-order valence-corrected chi connectivity index (χ0v) is 15.0. The summed E-state index contributed by atoms with van der Waals surface area (Å²) in [6, 6.07) is 16.4. The predicted octanol–water partition coefficient (Wildman–Crippen LogP) is 4.10. The first-order valence-electron chi connectivity index (χ1n) is 8.46. The van der Waals surface area contributed by atoms with Gasteiger partial charge in [0.05, 0.1) is 5.41 Å². The van der Waals surface area contributed by atoms with Gasteiger partial charge in [-0.2, -0.15) is 0 Å². The van der Waals surface area contributed by atoms with E-state index >= 15 is 0 Å². The second-order valence-corrected chi connectivity index (χ2v) is 6.86. The van der Waals surface area contributed by atoms with E-state index in [1.165, 1.54) is 0 Å². The highest BCUT2D eigenvalue weighted by Crippen LogP contribution is 2.37. The van der Waals surface area contributed by atoms with Crippen molar-refractivity contribution >= 4 is 23.7 Å². The van der Waals surface area contributed by atoms with Crippen LogP contribution in [0.25, 0.3) is 0 Å². The highest BCUT2D eigenvalue weighted by Gasteiger charge is 2.44. The predicted molar refractivity (Wildman–Crippen MR) is 98.2 cm³/mol. The van der Waals surface area contributed by atoms with Crippen LogP contribution in [0.1, 0.15) is 24.0 Å². The van der Waals surface area contributed by atoms with Gasteiger partial charge < -0.3 is 14.7 Å². The normalized spacial score (nSPS) is 16.1. The molecule has 0 unspecified atom stereocenters. The Morgan fingerprint density at radius 3 is 2.38 bits per heavy atom. The first-order valence-corrected chi connectivity index (χ1v) is 8.84. The SMILES string of the molecule is O=C(OCc1ccccc1)N1CCC(C(=O)O)(c2cccc(Cl)c2)CC1.